The summed E-state index contributed by atoms with van der Waals surface area (Å²) < 4.78 is 7.89. The maximum absolute atomic E-state index is 12.2. The lowest BCUT2D eigenvalue weighted by atomic mass is 9.92. The van der Waals surface area contributed by atoms with E-state index in [9.17, 15) is 4.79 Å². The highest BCUT2D eigenvalue weighted by atomic mass is 35.5. The molecule has 0 saturated heterocycles. The average Bonchev–Trinajstić information content (AvgIpc) is 3.21. The number of hydrogen-bond acceptors (Lipinski definition) is 3. The molecule has 128 valence electrons. The average molecular weight is 356 g/mol. The van der Waals surface area contributed by atoms with Gasteiger partial charge in [-0.25, -0.2) is 4.68 Å². The van der Waals surface area contributed by atoms with Gasteiger partial charge in [-0.1, -0.05) is 23.7 Å². The number of rotatable bonds is 3. The molecule has 1 aliphatic rings. The summed E-state index contributed by atoms with van der Waals surface area (Å²) in [7, 11) is 0. The molecule has 0 spiro atoms. The maximum atomic E-state index is 12.2. The first kappa shape index (κ1) is 16.0. The van der Waals surface area contributed by atoms with Crippen LogP contribution in [0.25, 0.3) is 11.3 Å². The molecule has 1 aromatic carbocycles. The number of benzene rings is 1. The van der Waals surface area contributed by atoms with E-state index in [-0.39, 0.29) is 17.9 Å². The Kier molecular flexibility index (Phi) is 3.88. The molecule has 0 unspecified atom stereocenters. The minimum Gasteiger partial charge on any atom is -0.460 e. The summed E-state index contributed by atoms with van der Waals surface area (Å²) in [4.78, 5) is 12.2. The van der Waals surface area contributed by atoms with Crippen LogP contribution in [0.1, 0.15) is 43.6 Å². The van der Waals surface area contributed by atoms with Gasteiger partial charge in [0.2, 0.25) is 5.91 Å². The van der Waals surface area contributed by atoms with Crippen LogP contribution in [0.3, 0.4) is 0 Å². The standard InChI is InChI=1S/C19H18ClN3O2/c1-11(2)23-19-14(10-21-23)13(9-18(24)22-19)17-8-7-16(25-17)12-5-3-4-6-15(12)20/h3-8,10-11,13H,9H2,1-2H3,(H,22,24)/t13-/m0/s1. The number of nitrogens with one attached hydrogen (secondary N) is 1. The number of anilines is 1. The van der Waals surface area contributed by atoms with Crippen molar-refractivity contribution in [3.05, 3.63) is 58.9 Å². The number of fused-ring (bicyclic) bond motifs is 1. The van der Waals surface area contributed by atoms with Gasteiger partial charge in [0, 0.05) is 23.6 Å². The highest BCUT2D eigenvalue weighted by molar-refractivity contribution is 6.33. The van der Waals surface area contributed by atoms with Gasteiger partial charge in [-0.3, -0.25) is 4.79 Å². The molecule has 3 aromatic rings. The van der Waals surface area contributed by atoms with Gasteiger partial charge in [-0.2, -0.15) is 5.10 Å². The third kappa shape index (κ3) is 2.74. The largest absolute Gasteiger partial charge is 0.460 e. The number of halogens is 1. The Labute approximate surface area is 150 Å². The molecule has 1 amide bonds. The van der Waals surface area contributed by atoms with Crippen molar-refractivity contribution in [3.8, 4) is 11.3 Å². The van der Waals surface area contributed by atoms with E-state index in [1.165, 1.54) is 0 Å². The number of hydrogen-bond donors (Lipinski definition) is 1. The van der Waals surface area contributed by atoms with Crippen molar-refractivity contribution in [2.75, 3.05) is 5.32 Å². The SMILES string of the molecule is CC(C)n1ncc2c1NC(=O)C[C@@H]2c1ccc(-c2ccccc2Cl)o1. The van der Waals surface area contributed by atoms with E-state index in [2.05, 4.69) is 10.4 Å². The fourth-order valence-corrected chi connectivity index (χ4v) is 3.46. The summed E-state index contributed by atoms with van der Waals surface area (Å²) in [5.41, 5.74) is 1.82. The molecule has 4 rings (SSSR count). The quantitative estimate of drug-likeness (QED) is 0.730. The van der Waals surface area contributed by atoms with Gasteiger partial charge in [0.25, 0.3) is 0 Å². The first-order valence-electron chi connectivity index (χ1n) is 8.26. The van der Waals surface area contributed by atoms with E-state index in [0.29, 0.717) is 17.2 Å². The van der Waals surface area contributed by atoms with Crippen molar-refractivity contribution in [2.45, 2.75) is 32.2 Å². The zero-order chi connectivity index (χ0) is 17.6. The molecule has 0 saturated carbocycles. The third-order valence-electron chi connectivity index (χ3n) is 4.45. The van der Waals surface area contributed by atoms with E-state index in [4.69, 9.17) is 16.0 Å². The zero-order valence-corrected chi connectivity index (χ0v) is 14.7. The van der Waals surface area contributed by atoms with E-state index >= 15 is 0 Å². The van der Waals surface area contributed by atoms with Crippen LogP contribution in [-0.4, -0.2) is 15.7 Å². The Morgan fingerprint density at radius 3 is 2.84 bits per heavy atom. The monoisotopic (exact) mass is 355 g/mol. The van der Waals surface area contributed by atoms with Gasteiger partial charge >= 0.3 is 0 Å². The van der Waals surface area contributed by atoms with Crippen molar-refractivity contribution in [1.29, 1.82) is 0 Å². The Morgan fingerprint density at radius 2 is 2.08 bits per heavy atom. The molecule has 3 heterocycles. The van der Waals surface area contributed by atoms with Gasteiger partial charge in [0.05, 0.1) is 17.1 Å². The first-order chi connectivity index (χ1) is 12.0. The summed E-state index contributed by atoms with van der Waals surface area (Å²) in [5.74, 6) is 2.02. The highest BCUT2D eigenvalue weighted by Crippen LogP contribution is 2.40. The topological polar surface area (TPSA) is 60.1 Å². The fraction of sp³-hybridized carbons (Fsp3) is 0.263. The summed E-state index contributed by atoms with van der Waals surface area (Å²) in [6, 6.07) is 11.5. The number of carbonyl (C=O) groups is 1. The molecule has 1 N–H and O–H groups in total. The minimum absolute atomic E-state index is 0.0319. The molecule has 6 heteroatoms. The molecule has 1 atom stereocenters. The Morgan fingerprint density at radius 1 is 1.28 bits per heavy atom. The van der Waals surface area contributed by atoms with E-state index in [1.54, 1.807) is 0 Å². The Balaban J connectivity index is 1.75. The number of aromatic nitrogens is 2. The van der Waals surface area contributed by atoms with Gasteiger partial charge < -0.3 is 9.73 Å². The van der Waals surface area contributed by atoms with Crippen LogP contribution < -0.4 is 5.32 Å². The van der Waals surface area contributed by atoms with Crippen LogP contribution in [0.15, 0.2) is 47.0 Å². The lowest BCUT2D eigenvalue weighted by Crippen LogP contribution is -2.25. The zero-order valence-electron chi connectivity index (χ0n) is 14.0. The predicted molar refractivity (Wildman–Crippen MR) is 96.9 cm³/mol. The predicted octanol–water partition coefficient (Wildman–Crippen LogP) is 4.85. The Bertz CT molecular complexity index is 942. The molecule has 0 radical (unpaired) electrons. The number of nitrogens with zero attached hydrogens (tertiary/aromatic N) is 2. The van der Waals surface area contributed by atoms with Gasteiger partial charge in [-0.05, 0) is 38.1 Å². The van der Waals surface area contributed by atoms with Crippen LogP contribution in [0.2, 0.25) is 5.02 Å². The van der Waals surface area contributed by atoms with Crippen LogP contribution in [0.4, 0.5) is 5.82 Å². The highest BCUT2D eigenvalue weighted by Gasteiger charge is 2.32. The van der Waals surface area contributed by atoms with Crippen LogP contribution in [0, 0.1) is 0 Å². The van der Waals surface area contributed by atoms with Crippen molar-refractivity contribution in [1.82, 2.24) is 9.78 Å². The second-order valence-corrected chi connectivity index (χ2v) is 6.88. The molecule has 0 fully saturated rings. The van der Waals surface area contributed by atoms with Crippen molar-refractivity contribution in [2.24, 2.45) is 0 Å². The molecular weight excluding hydrogens is 338 g/mol. The third-order valence-corrected chi connectivity index (χ3v) is 4.77. The normalized spacial score (nSPS) is 16.8. The van der Waals surface area contributed by atoms with Crippen LogP contribution in [-0.2, 0) is 4.79 Å². The molecular formula is C19H18ClN3O2. The first-order valence-corrected chi connectivity index (χ1v) is 8.64. The summed E-state index contributed by atoms with van der Waals surface area (Å²) in [5, 5.41) is 8.00. The van der Waals surface area contributed by atoms with Gasteiger partial charge in [0.1, 0.15) is 17.3 Å². The molecule has 2 aromatic heterocycles. The van der Waals surface area contributed by atoms with Crippen molar-refractivity contribution < 1.29 is 9.21 Å². The lowest BCUT2D eigenvalue weighted by molar-refractivity contribution is -0.116. The molecule has 25 heavy (non-hydrogen) atoms. The summed E-state index contributed by atoms with van der Waals surface area (Å²) in [6.45, 7) is 4.07. The number of amides is 1. The smallest absolute Gasteiger partial charge is 0.226 e. The molecule has 0 bridgehead atoms. The number of furan rings is 1. The summed E-state index contributed by atoms with van der Waals surface area (Å²) in [6.07, 6.45) is 2.16. The lowest BCUT2D eigenvalue weighted by Gasteiger charge is -2.23. The Hall–Kier alpha value is -2.53. The minimum atomic E-state index is -0.146. The van der Waals surface area contributed by atoms with Crippen molar-refractivity contribution in [3.63, 3.8) is 0 Å². The molecule has 1 aliphatic heterocycles. The van der Waals surface area contributed by atoms with E-state index < -0.39 is 0 Å². The second kappa shape index (κ2) is 6.08. The van der Waals surface area contributed by atoms with Gasteiger partial charge in [-0.15, -0.1) is 0 Å². The maximum Gasteiger partial charge on any atom is 0.226 e. The second-order valence-electron chi connectivity index (χ2n) is 6.47. The fourth-order valence-electron chi connectivity index (χ4n) is 3.23. The van der Waals surface area contributed by atoms with E-state index in [0.717, 1.165) is 22.7 Å². The van der Waals surface area contributed by atoms with Crippen LogP contribution >= 0.6 is 11.6 Å². The summed E-state index contributed by atoms with van der Waals surface area (Å²) >= 11 is 6.26. The molecule has 5 nitrogen and oxygen atoms in total. The number of carbonyl (C=O) groups excluding carboxylic acids is 1. The van der Waals surface area contributed by atoms with Crippen LogP contribution in [0.5, 0.6) is 0 Å². The molecule has 0 aliphatic carbocycles. The van der Waals surface area contributed by atoms with Crippen molar-refractivity contribution >= 4 is 23.3 Å². The van der Waals surface area contributed by atoms with E-state index in [1.807, 2.05) is 61.1 Å². The van der Waals surface area contributed by atoms with Gasteiger partial charge in [0.15, 0.2) is 0 Å².